The van der Waals surface area contributed by atoms with Gasteiger partial charge in [-0.2, -0.15) is 0 Å². The Kier molecular flexibility index (Phi) is 5.40. The Labute approximate surface area is 153 Å². The van der Waals surface area contributed by atoms with Gasteiger partial charge in [-0.3, -0.25) is 5.43 Å². The summed E-state index contributed by atoms with van der Waals surface area (Å²) >= 11 is 0. The maximum atomic E-state index is 12.0. The van der Waals surface area contributed by atoms with Crippen LogP contribution in [0.3, 0.4) is 0 Å². The van der Waals surface area contributed by atoms with E-state index >= 15 is 0 Å². The third kappa shape index (κ3) is 4.12. The Morgan fingerprint density at radius 3 is 2.69 bits per heavy atom. The highest BCUT2D eigenvalue weighted by Crippen LogP contribution is 2.27. The van der Waals surface area contributed by atoms with Crippen molar-refractivity contribution in [2.75, 3.05) is 31.8 Å². The highest BCUT2D eigenvalue weighted by atomic mass is 32.2. The number of methoxy groups -OCH3 is 1. The van der Waals surface area contributed by atoms with Crippen LogP contribution < -0.4 is 20.9 Å². The van der Waals surface area contributed by atoms with E-state index in [2.05, 4.69) is 26.1 Å². The zero-order valence-corrected chi connectivity index (χ0v) is 15.8. The largest absolute Gasteiger partial charge is 0.497 e. The zero-order valence-electron chi connectivity index (χ0n) is 15.0. The van der Waals surface area contributed by atoms with Gasteiger partial charge in [0.1, 0.15) is 22.3 Å². The predicted molar refractivity (Wildman–Crippen MR) is 98.7 cm³/mol. The van der Waals surface area contributed by atoms with Gasteiger partial charge in [-0.05, 0) is 24.6 Å². The molecule has 2 aromatic rings. The molecule has 1 aromatic carbocycles. The number of sulfone groups is 1. The Bertz CT molecular complexity index is 870. The molecule has 0 radical (unpaired) electrons. The number of aryl methyl sites for hydroxylation is 1. The van der Waals surface area contributed by atoms with Gasteiger partial charge < -0.3 is 10.1 Å². The van der Waals surface area contributed by atoms with E-state index in [4.69, 9.17) is 4.74 Å². The molecular formula is C17H23N5O3S. The fraction of sp³-hybridized carbons (Fsp3) is 0.412. The highest BCUT2D eigenvalue weighted by molar-refractivity contribution is 7.90. The van der Waals surface area contributed by atoms with Crippen molar-refractivity contribution >= 4 is 15.7 Å². The Morgan fingerprint density at radius 2 is 2.04 bits per heavy atom. The molecule has 26 heavy (non-hydrogen) atoms. The zero-order chi connectivity index (χ0) is 18.7. The highest BCUT2D eigenvalue weighted by Gasteiger charge is 2.28. The minimum Gasteiger partial charge on any atom is -0.497 e. The van der Waals surface area contributed by atoms with E-state index in [9.17, 15) is 8.42 Å². The van der Waals surface area contributed by atoms with Crippen LogP contribution >= 0.6 is 0 Å². The van der Waals surface area contributed by atoms with Crippen LogP contribution in [0.1, 0.15) is 17.4 Å². The monoisotopic (exact) mass is 377 g/mol. The molecule has 1 aliphatic heterocycles. The molecule has 9 heteroatoms. The van der Waals surface area contributed by atoms with Gasteiger partial charge in [0.2, 0.25) is 0 Å². The number of benzene rings is 1. The van der Waals surface area contributed by atoms with Crippen molar-refractivity contribution in [2.45, 2.75) is 17.9 Å². The number of hydrazine groups is 1. The maximum absolute atomic E-state index is 12.0. The summed E-state index contributed by atoms with van der Waals surface area (Å²) in [5.74, 6) is 1.89. The van der Waals surface area contributed by atoms with Gasteiger partial charge in [0, 0.05) is 25.3 Å². The number of aromatic nitrogens is 2. The first-order valence-corrected chi connectivity index (χ1v) is 10.2. The van der Waals surface area contributed by atoms with Crippen molar-refractivity contribution in [2.24, 2.45) is 5.92 Å². The minimum absolute atomic E-state index is 0.0954. The molecule has 1 fully saturated rings. The molecule has 2 heterocycles. The summed E-state index contributed by atoms with van der Waals surface area (Å²) in [6.07, 6.45) is 2.51. The van der Waals surface area contributed by atoms with Gasteiger partial charge in [0.15, 0.2) is 9.84 Å². The standard InChI is InChI=1S/C17H23N5O3S/c1-11-18-10-15(26(3,23)24)17(21-11)19-8-13-9-20-22-16(13)12-4-6-14(25-2)7-5-12/h4-7,10,13,16,20,22H,8-9H2,1-3H3,(H,18,19,21). The lowest BCUT2D eigenvalue weighted by molar-refractivity contribution is 0.414. The van der Waals surface area contributed by atoms with Crippen molar-refractivity contribution in [1.82, 2.24) is 20.8 Å². The quantitative estimate of drug-likeness (QED) is 0.687. The Hall–Kier alpha value is -2.23. The minimum atomic E-state index is -3.40. The number of nitrogens with one attached hydrogen (secondary N) is 3. The van der Waals surface area contributed by atoms with Crippen LogP contribution in [0.5, 0.6) is 5.75 Å². The fourth-order valence-electron chi connectivity index (χ4n) is 2.98. The summed E-state index contributed by atoms with van der Waals surface area (Å²) in [4.78, 5) is 8.37. The van der Waals surface area contributed by atoms with Gasteiger partial charge in [0.05, 0.1) is 19.3 Å². The van der Waals surface area contributed by atoms with Crippen LogP contribution in [-0.2, 0) is 9.84 Å². The van der Waals surface area contributed by atoms with Gasteiger partial charge in [0.25, 0.3) is 0 Å². The first kappa shape index (κ1) is 18.6. The lowest BCUT2D eigenvalue weighted by Crippen LogP contribution is -2.26. The van der Waals surface area contributed by atoms with E-state index in [0.29, 0.717) is 18.2 Å². The third-order valence-electron chi connectivity index (χ3n) is 4.37. The topological polar surface area (TPSA) is 105 Å². The number of anilines is 1. The SMILES string of the molecule is COc1ccc(C2NNCC2CNc2nc(C)ncc2S(C)(=O)=O)cc1. The van der Waals surface area contributed by atoms with Crippen LogP contribution in [0.15, 0.2) is 35.4 Å². The molecule has 1 saturated heterocycles. The molecule has 2 atom stereocenters. The van der Waals surface area contributed by atoms with Crippen molar-refractivity contribution in [3.05, 3.63) is 41.9 Å². The van der Waals surface area contributed by atoms with Crippen LogP contribution in [0.4, 0.5) is 5.82 Å². The lowest BCUT2D eigenvalue weighted by Gasteiger charge is -2.20. The Morgan fingerprint density at radius 1 is 1.31 bits per heavy atom. The van der Waals surface area contributed by atoms with E-state index in [-0.39, 0.29) is 16.9 Å². The normalized spacial score (nSPS) is 20.1. The molecule has 0 amide bonds. The second-order valence-corrected chi connectivity index (χ2v) is 8.30. The number of nitrogens with zero attached hydrogens (tertiary/aromatic N) is 2. The van der Waals surface area contributed by atoms with Crippen molar-refractivity contribution in [1.29, 1.82) is 0 Å². The Balaban J connectivity index is 1.75. The molecular weight excluding hydrogens is 354 g/mol. The van der Waals surface area contributed by atoms with E-state index in [1.54, 1.807) is 14.0 Å². The summed E-state index contributed by atoms with van der Waals surface area (Å²) < 4.78 is 29.1. The molecule has 1 aliphatic rings. The van der Waals surface area contributed by atoms with Gasteiger partial charge >= 0.3 is 0 Å². The van der Waals surface area contributed by atoms with E-state index in [1.807, 2.05) is 24.3 Å². The molecule has 0 saturated carbocycles. The average Bonchev–Trinajstić information content (AvgIpc) is 3.07. The molecule has 0 spiro atoms. The summed E-state index contributed by atoms with van der Waals surface area (Å²) in [7, 11) is -1.76. The number of rotatable bonds is 6. The summed E-state index contributed by atoms with van der Waals surface area (Å²) in [6, 6.07) is 7.99. The van der Waals surface area contributed by atoms with Gasteiger partial charge in [-0.25, -0.2) is 23.8 Å². The molecule has 3 rings (SSSR count). The van der Waals surface area contributed by atoms with Crippen LogP contribution in [0.2, 0.25) is 0 Å². The van der Waals surface area contributed by atoms with Crippen molar-refractivity contribution in [3.8, 4) is 5.75 Å². The number of hydrogen-bond donors (Lipinski definition) is 3. The van der Waals surface area contributed by atoms with E-state index in [1.165, 1.54) is 6.20 Å². The maximum Gasteiger partial charge on any atom is 0.180 e. The number of ether oxygens (including phenoxy) is 1. The first-order chi connectivity index (χ1) is 12.4. The van der Waals surface area contributed by atoms with Gasteiger partial charge in [-0.1, -0.05) is 12.1 Å². The summed E-state index contributed by atoms with van der Waals surface area (Å²) in [5.41, 5.74) is 7.57. The van der Waals surface area contributed by atoms with Gasteiger partial charge in [-0.15, -0.1) is 0 Å². The molecule has 0 aliphatic carbocycles. The molecule has 1 aromatic heterocycles. The average molecular weight is 377 g/mol. The van der Waals surface area contributed by atoms with Crippen LogP contribution in [0.25, 0.3) is 0 Å². The molecule has 2 unspecified atom stereocenters. The molecule has 0 bridgehead atoms. The molecule has 3 N–H and O–H groups in total. The van der Waals surface area contributed by atoms with Crippen molar-refractivity contribution < 1.29 is 13.2 Å². The second-order valence-electron chi connectivity index (χ2n) is 6.32. The smallest absolute Gasteiger partial charge is 0.180 e. The second kappa shape index (κ2) is 7.56. The summed E-state index contributed by atoms with van der Waals surface area (Å²) in [6.45, 7) is 3.05. The fourth-order valence-corrected chi connectivity index (χ4v) is 3.69. The molecule has 140 valence electrons. The first-order valence-electron chi connectivity index (χ1n) is 8.28. The lowest BCUT2D eigenvalue weighted by atomic mass is 9.95. The number of hydrogen-bond acceptors (Lipinski definition) is 8. The predicted octanol–water partition coefficient (Wildman–Crippen LogP) is 1.07. The van der Waals surface area contributed by atoms with E-state index in [0.717, 1.165) is 24.1 Å². The van der Waals surface area contributed by atoms with Crippen LogP contribution in [-0.4, -0.2) is 44.8 Å². The molecule has 8 nitrogen and oxygen atoms in total. The van der Waals surface area contributed by atoms with E-state index < -0.39 is 9.84 Å². The third-order valence-corrected chi connectivity index (χ3v) is 5.47. The van der Waals surface area contributed by atoms with Crippen LogP contribution in [0, 0.1) is 12.8 Å². The van der Waals surface area contributed by atoms with Crippen molar-refractivity contribution in [3.63, 3.8) is 0 Å². The summed E-state index contributed by atoms with van der Waals surface area (Å²) in [5, 5.41) is 3.19.